The number of allylic oxidation sites excluding steroid dienone is 2. The first-order chi connectivity index (χ1) is 8.16. The van der Waals surface area contributed by atoms with Crippen LogP contribution in [0.3, 0.4) is 0 Å². The van der Waals surface area contributed by atoms with Crippen molar-refractivity contribution in [3.63, 3.8) is 0 Å². The van der Waals surface area contributed by atoms with Crippen molar-refractivity contribution in [1.82, 2.24) is 0 Å². The van der Waals surface area contributed by atoms with Crippen molar-refractivity contribution in [1.29, 1.82) is 0 Å². The Kier molecular flexibility index (Phi) is 1.89. The molecule has 0 unspecified atom stereocenters. The molecule has 0 fully saturated rings. The Balaban J connectivity index is 2.35. The van der Waals surface area contributed by atoms with Gasteiger partial charge in [-0.1, -0.05) is 0 Å². The molecular weight excluding hydrogens is 218 g/mol. The topological polar surface area (TPSA) is 81.5 Å². The monoisotopic (exact) mass is 227 g/mol. The minimum atomic E-state index is -0.371. The number of aliphatic imine (C=N–C) groups is 1. The van der Waals surface area contributed by atoms with Crippen molar-refractivity contribution >= 4 is 23.2 Å². The summed E-state index contributed by atoms with van der Waals surface area (Å²) in [6.07, 6.45) is 3.98. The molecule has 2 bridgehead atoms. The van der Waals surface area contributed by atoms with Crippen LogP contribution in [-0.4, -0.2) is 11.1 Å². The van der Waals surface area contributed by atoms with Crippen LogP contribution in [0.15, 0.2) is 35.0 Å². The number of rotatable bonds is 1. The van der Waals surface area contributed by atoms with Crippen molar-refractivity contribution in [3.05, 3.63) is 51.2 Å². The Morgan fingerprint density at radius 2 is 2.18 bits per heavy atom. The molecular formula is C12H9N3O2. The molecule has 1 aromatic carbocycles. The molecule has 0 radical (unpaired) electrons. The fourth-order valence-electron chi connectivity index (χ4n) is 2.23. The molecule has 0 spiro atoms. The second kappa shape index (κ2) is 3.28. The molecule has 1 aliphatic heterocycles. The van der Waals surface area contributed by atoms with Crippen LogP contribution in [0.2, 0.25) is 0 Å². The summed E-state index contributed by atoms with van der Waals surface area (Å²) >= 11 is 0. The number of nitrogens with two attached hydrogens (primary N) is 1. The van der Waals surface area contributed by atoms with Crippen molar-refractivity contribution < 1.29 is 4.92 Å². The third-order valence-corrected chi connectivity index (χ3v) is 2.96. The molecule has 2 aliphatic rings. The Bertz CT molecular complexity index is 627. The second-order valence-corrected chi connectivity index (χ2v) is 4.00. The lowest BCUT2D eigenvalue weighted by atomic mass is 9.87. The summed E-state index contributed by atoms with van der Waals surface area (Å²) in [6, 6.07) is 5.14. The maximum atomic E-state index is 11.1. The van der Waals surface area contributed by atoms with Crippen molar-refractivity contribution in [3.8, 4) is 0 Å². The Morgan fingerprint density at radius 3 is 2.94 bits per heavy atom. The summed E-state index contributed by atoms with van der Waals surface area (Å²) in [7, 11) is 0. The van der Waals surface area contributed by atoms with Crippen LogP contribution < -0.4 is 5.73 Å². The predicted molar refractivity (Wildman–Crippen MR) is 65.9 cm³/mol. The molecule has 1 aromatic rings. The van der Waals surface area contributed by atoms with E-state index >= 15 is 0 Å². The molecule has 0 saturated heterocycles. The number of hydrogen-bond donors (Lipinski definition) is 1. The third kappa shape index (κ3) is 1.36. The van der Waals surface area contributed by atoms with Gasteiger partial charge in [-0.15, -0.1) is 0 Å². The number of fused-ring (bicyclic) bond motifs is 4. The van der Waals surface area contributed by atoms with E-state index in [-0.39, 0.29) is 10.6 Å². The largest absolute Gasteiger partial charge is 0.399 e. The number of anilines is 1. The third-order valence-electron chi connectivity index (χ3n) is 2.96. The molecule has 2 N–H and O–H groups in total. The number of nitrogen functional groups attached to an aromatic ring is 1. The first-order valence-electron chi connectivity index (χ1n) is 5.18. The quantitative estimate of drug-likeness (QED) is 0.453. The average Bonchev–Trinajstić information content (AvgIpc) is 2.30. The number of nitro groups is 1. The van der Waals surface area contributed by atoms with Gasteiger partial charge in [0, 0.05) is 18.3 Å². The van der Waals surface area contributed by atoms with Gasteiger partial charge in [0.2, 0.25) is 0 Å². The number of benzene rings is 1. The van der Waals surface area contributed by atoms with Crippen LogP contribution in [0.4, 0.5) is 5.69 Å². The van der Waals surface area contributed by atoms with Gasteiger partial charge in [0.15, 0.2) is 0 Å². The SMILES string of the molecule is Nc1ccc2c(c1)C1=CC=NC(=C2[N+](=O)[O-])C1. The first kappa shape index (κ1) is 9.77. The van der Waals surface area contributed by atoms with Gasteiger partial charge in [0.05, 0.1) is 10.5 Å². The normalized spacial score (nSPS) is 16.6. The first-order valence-corrected chi connectivity index (χ1v) is 5.18. The van der Waals surface area contributed by atoms with E-state index in [2.05, 4.69) is 4.99 Å². The molecule has 5 heteroatoms. The zero-order valence-corrected chi connectivity index (χ0v) is 8.88. The summed E-state index contributed by atoms with van der Waals surface area (Å²) in [4.78, 5) is 14.8. The van der Waals surface area contributed by atoms with E-state index in [1.807, 2.05) is 6.08 Å². The molecule has 17 heavy (non-hydrogen) atoms. The van der Waals surface area contributed by atoms with Crippen molar-refractivity contribution in [2.24, 2.45) is 4.99 Å². The van der Waals surface area contributed by atoms with Crippen LogP contribution in [0.1, 0.15) is 17.5 Å². The molecule has 3 rings (SSSR count). The molecule has 5 nitrogen and oxygen atoms in total. The van der Waals surface area contributed by atoms with Crippen molar-refractivity contribution in [2.75, 3.05) is 5.73 Å². The zero-order valence-electron chi connectivity index (χ0n) is 8.88. The van der Waals surface area contributed by atoms with E-state index in [1.54, 1.807) is 24.4 Å². The molecule has 0 amide bonds. The molecule has 0 saturated carbocycles. The van der Waals surface area contributed by atoms with E-state index in [4.69, 9.17) is 5.73 Å². The van der Waals surface area contributed by atoms with Crippen LogP contribution in [0.5, 0.6) is 0 Å². The summed E-state index contributed by atoms with van der Waals surface area (Å²) in [5.41, 5.74) is 9.42. The molecule has 0 atom stereocenters. The molecule has 84 valence electrons. The summed E-state index contributed by atoms with van der Waals surface area (Å²) in [5.74, 6) is 0. The lowest BCUT2D eigenvalue weighted by Crippen LogP contribution is -2.12. The average molecular weight is 227 g/mol. The smallest absolute Gasteiger partial charge is 0.298 e. The fraction of sp³-hybridized carbons (Fsp3) is 0.0833. The zero-order chi connectivity index (χ0) is 12.0. The highest BCUT2D eigenvalue weighted by Crippen LogP contribution is 2.40. The Morgan fingerprint density at radius 1 is 1.35 bits per heavy atom. The molecule has 0 aromatic heterocycles. The van der Waals surface area contributed by atoms with Gasteiger partial charge in [0.25, 0.3) is 5.70 Å². The maximum Gasteiger partial charge on any atom is 0.298 e. The second-order valence-electron chi connectivity index (χ2n) is 4.00. The molecule has 1 aliphatic carbocycles. The Hall–Kier alpha value is -2.43. The lowest BCUT2D eigenvalue weighted by Gasteiger charge is -2.20. The van der Waals surface area contributed by atoms with Crippen LogP contribution in [0.25, 0.3) is 11.3 Å². The van der Waals surface area contributed by atoms with Crippen LogP contribution in [-0.2, 0) is 0 Å². The highest BCUT2D eigenvalue weighted by molar-refractivity contribution is 5.95. The highest BCUT2D eigenvalue weighted by atomic mass is 16.6. The van der Waals surface area contributed by atoms with E-state index < -0.39 is 0 Å². The van der Waals surface area contributed by atoms with Gasteiger partial charge < -0.3 is 5.73 Å². The number of dihydropyridines is 1. The minimum absolute atomic E-state index is 0.0908. The van der Waals surface area contributed by atoms with Gasteiger partial charge >= 0.3 is 0 Å². The van der Waals surface area contributed by atoms with Gasteiger partial charge in [0.1, 0.15) is 5.70 Å². The van der Waals surface area contributed by atoms with E-state index in [1.165, 1.54) is 0 Å². The molecule has 1 heterocycles. The van der Waals surface area contributed by atoms with E-state index in [0.717, 1.165) is 11.1 Å². The van der Waals surface area contributed by atoms with Gasteiger partial charge in [-0.25, -0.2) is 0 Å². The minimum Gasteiger partial charge on any atom is -0.399 e. The highest BCUT2D eigenvalue weighted by Gasteiger charge is 2.31. The fourth-order valence-corrected chi connectivity index (χ4v) is 2.23. The lowest BCUT2D eigenvalue weighted by molar-refractivity contribution is -0.376. The van der Waals surface area contributed by atoms with E-state index in [0.29, 0.717) is 23.4 Å². The van der Waals surface area contributed by atoms with E-state index in [9.17, 15) is 10.1 Å². The summed E-state index contributed by atoms with van der Waals surface area (Å²) in [5, 5.41) is 11.1. The standard InChI is InChI=1S/C12H9N3O2/c13-8-1-2-9-10(6-8)7-3-4-14-11(5-7)12(9)15(16)17/h1-4,6H,5,13H2. The Labute approximate surface area is 97.1 Å². The van der Waals surface area contributed by atoms with Crippen LogP contribution in [0, 0.1) is 10.1 Å². The summed E-state index contributed by atoms with van der Waals surface area (Å²) in [6.45, 7) is 0. The van der Waals surface area contributed by atoms with Gasteiger partial charge in [-0.2, -0.15) is 0 Å². The number of hydrogen-bond acceptors (Lipinski definition) is 4. The van der Waals surface area contributed by atoms with Crippen LogP contribution >= 0.6 is 0 Å². The number of nitrogens with zero attached hydrogens (tertiary/aromatic N) is 2. The van der Waals surface area contributed by atoms with Gasteiger partial charge in [-0.3, -0.25) is 15.1 Å². The van der Waals surface area contributed by atoms with Crippen molar-refractivity contribution in [2.45, 2.75) is 6.42 Å². The maximum absolute atomic E-state index is 11.1. The van der Waals surface area contributed by atoms with Gasteiger partial charge in [-0.05, 0) is 35.4 Å². The summed E-state index contributed by atoms with van der Waals surface area (Å²) < 4.78 is 0. The predicted octanol–water partition coefficient (Wildman–Crippen LogP) is 2.09.